The Morgan fingerprint density at radius 3 is 1.95 bits per heavy atom. The molecule has 44 heavy (non-hydrogen) atoms. The van der Waals surface area contributed by atoms with Crippen LogP contribution in [0.15, 0.2) is 72.8 Å². The Labute approximate surface area is 262 Å². The highest BCUT2D eigenvalue weighted by atomic mass is 16.7. The van der Waals surface area contributed by atoms with Gasteiger partial charge in [0.15, 0.2) is 17.6 Å². The molecule has 3 aromatic rings. The van der Waals surface area contributed by atoms with Crippen LogP contribution in [-0.2, 0) is 20.8 Å². The van der Waals surface area contributed by atoms with Gasteiger partial charge in [-0.2, -0.15) is 0 Å². The molecule has 1 unspecified atom stereocenters. The van der Waals surface area contributed by atoms with Gasteiger partial charge in [-0.05, 0) is 74.6 Å². The van der Waals surface area contributed by atoms with Gasteiger partial charge in [0.25, 0.3) is 0 Å². The maximum Gasteiger partial charge on any atom is 0.354 e. The zero-order chi connectivity index (χ0) is 30.1. The molecular formula is C37H46N2O5. The zero-order valence-corrected chi connectivity index (χ0v) is 26.0. The SMILES string of the molecule is CCOC(Cc1ccc(OCCN2c3ccccc3Oc3ccccc32)cc1)C(=O)ON(C1CCCCC1)C1CCCCC1. The monoisotopic (exact) mass is 598 g/mol. The molecule has 1 heterocycles. The van der Waals surface area contributed by atoms with Crippen molar-refractivity contribution in [2.24, 2.45) is 0 Å². The van der Waals surface area contributed by atoms with Gasteiger partial charge in [-0.3, -0.25) is 0 Å². The highest BCUT2D eigenvalue weighted by molar-refractivity contribution is 5.77. The lowest BCUT2D eigenvalue weighted by atomic mass is 9.90. The quantitative estimate of drug-likeness (QED) is 0.194. The van der Waals surface area contributed by atoms with E-state index in [0.717, 1.165) is 59.9 Å². The number of fused-ring (bicyclic) bond motifs is 2. The van der Waals surface area contributed by atoms with Gasteiger partial charge in [-0.25, -0.2) is 4.79 Å². The summed E-state index contributed by atoms with van der Waals surface area (Å²) in [6, 6.07) is 24.8. The number of benzene rings is 3. The molecule has 2 fully saturated rings. The first kappa shape index (κ1) is 30.5. The Morgan fingerprint density at radius 1 is 0.818 bits per heavy atom. The van der Waals surface area contributed by atoms with Crippen molar-refractivity contribution in [3.8, 4) is 17.2 Å². The fraction of sp³-hybridized carbons (Fsp3) is 0.486. The van der Waals surface area contributed by atoms with Gasteiger partial charge in [0, 0.05) is 25.1 Å². The van der Waals surface area contributed by atoms with Gasteiger partial charge >= 0.3 is 5.97 Å². The highest BCUT2D eigenvalue weighted by Gasteiger charge is 2.34. The molecule has 3 aromatic carbocycles. The fourth-order valence-electron chi connectivity index (χ4n) is 6.91. The summed E-state index contributed by atoms with van der Waals surface area (Å²) in [5.41, 5.74) is 3.08. The van der Waals surface area contributed by atoms with Crippen LogP contribution in [0.2, 0.25) is 0 Å². The predicted octanol–water partition coefficient (Wildman–Crippen LogP) is 8.38. The van der Waals surface area contributed by atoms with Crippen molar-refractivity contribution in [2.45, 2.75) is 95.7 Å². The Balaban J connectivity index is 1.06. The third kappa shape index (κ3) is 7.39. The van der Waals surface area contributed by atoms with Crippen LogP contribution in [0.3, 0.4) is 0 Å². The predicted molar refractivity (Wildman–Crippen MR) is 173 cm³/mol. The van der Waals surface area contributed by atoms with E-state index in [1.807, 2.05) is 67.6 Å². The van der Waals surface area contributed by atoms with Crippen LogP contribution in [0, 0.1) is 0 Å². The molecule has 7 heteroatoms. The summed E-state index contributed by atoms with van der Waals surface area (Å²) in [5, 5.41) is 2.09. The van der Waals surface area contributed by atoms with Crippen LogP contribution in [0.1, 0.15) is 76.7 Å². The molecule has 2 saturated carbocycles. The molecule has 0 N–H and O–H groups in total. The number of hydrogen-bond acceptors (Lipinski definition) is 7. The largest absolute Gasteiger partial charge is 0.492 e. The fourth-order valence-corrected chi connectivity index (χ4v) is 6.91. The molecule has 3 aliphatic rings. The Morgan fingerprint density at radius 2 is 1.39 bits per heavy atom. The molecule has 0 saturated heterocycles. The minimum atomic E-state index is -0.636. The summed E-state index contributed by atoms with van der Waals surface area (Å²) >= 11 is 0. The molecule has 1 atom stereocenters. The van der Waals surface area contributed by atoms with E-state index >= 15 is 0 Å². The third-order valence-electron chi connectivity index (χ3n) is 9.16. The molecule has 0 aromatic heterocycles. The second-order valence-corrected chi connectivity index (χ2v) is 12.2. The number of carbonyl (C=O) groups is 1. The number of hydrogen-bond donors (Lipinski definition) is 0. The molecule has 7 nitrogen and oxygen atoms in total. The van der Waals surface area contributed by atoms with E-state index in [4.69, 9.17) is 19.0 Å². The number of ether oxygens (including phenoxy) is 3. The number of nitrogens with zero attached hydrogens (tertiary/aromatic N) is 2. The summed E-state index contributed by atoms with van der Waals surface area (Å²) in [6.07, 6.45) is 11.7. The Bertz CT molecular complexity index is 1290. The average molecular weight is 599 g/mol. The third-order valence-corrected chi connectivity index (χ3v) is 9.16. The summed E-state index contributed by atoms with van der Waals surface area (Å²) < 4.78 is 18.2. The van der Waals surface area contributed by atoms with Crippen molar-refractivity contribution in [1.29, 1.82) is 0 Å². The standard InChI is InChI=1S/C37H46N2O5/c1-2-41-36(37(40)44-39(29-13-5-3-6-14-29)30-15-7-4-8-16-30)27-28-21-23-31(24-22-28)42-26-25-38-32-17-9-11-19-34(32)43-35-20-12-10-18-33(35)38/h9-12,17-24,29-30,36H,2-8,13-16,25-27H2,1H3. The first-order valence-corrected chi connectivity index (χ1v) is 16.7. The van der Waals surface area contributed by atoms with Crippen LogP contribution in [0.5, 0.6) is 17.2 Å². The minimum absolute atomic E-state index is 0.269. The number of para-hydroxylation sites is 4. The maximum absolute atomic E-state index is 13.5. The number of carbonyl (C=O) groups excluding carboxylic acids is 1. The van der Waals surface area contributed by atoms with Gasteiger partial charge in [0.1, 0.15) is 12.4 Å². The van der Waals surface area contributed by atoms with Crippen LogP contribution < -0.4 is 14.4 Å². The van der Waals surface area contributed by atoms with Crippen molar-refractivity contribution < 1.29 is 23.8 Å². The highest BCUT2D eigenvalue weighted by Crippen LogP contribution is 2.46. The first-order valence-electron chi connectivity index (χ1n) is 16.7. The topological polar surface area (TPSA) is 60.5 Å². The first-order chi connectivity index (χ1) is 21.7. The van der Waals surface area contributed by atoms with Crippen molar-refractivity contribution in [3.05, 3.63) is 78.4 Å². The van der Waals surface area contributed by atoms with Crippen molar-refractivity contribution in [2.75, 3.05) is 24.7 Å². The Kier molecular flexibility index (Phi) is 10.4. The summed E-state index contributed by atoms with van der Waals surface area (Å²) in [5.74, 6) is 2.21. The molecule has 234 valence electrons. The van der Waals surface area contributed by atoms with E-state index in [-0.39, 0.29) is 5.97 Å². The lowest BCUT2D eigenvalue weighted by Gasteiger charge is -2.40. The summed E-state index contributed by atoms with van der Waals surface area (Å²) in [4.78, 5) is 22.0. The van der Waals surface area contributed by atoms with E-state index in [0.29, 0.717) is 38.3 Å². The van der Waals surface area contributed by atoms with E-state index < -0.39 is 6.10 Å². The van der Waals surface area contributed by atoms with Gasteiger partial charge in [0.2, 0.25) is 0 Å². The van der Waals surface area contributed by atoms with E-state index in [9.17, 15) is 4.79 Å². The summed E-state index contributed by atoms with van der Waals surface area (Å²) in [6.45, 7) is 3.58. The number of anilines is 2. The molecule has 0 spiro atoms. The Hall–Kier alpha value is -3.55. The molecule has 0 amide bonds. The van der Waals surface area contributed by atoms with Crippen LogP contribution in [0.4, 0.5) is 11.4 Å². The smallest absolute Gasteiger partial charge is 0.354 e. The lowest BCUT2D eigenvalue weighted by molar-refractivity contribution is -0.232. The van der Waals surface area contributed by atoms with Crippen LogP contribution in [-0.4, -0.2) is 49.0 Å². The van der Waals surface area contributed by atoms with Crippen molar-refractivity contribution >= 4 is 17.3 Å². The van der Waals surface area contributed by atoms with Gasteiger partial charge in [0.05, 0.1) is 17.9 Å². The molecule has 0 bridgehead atoms. The lowest BCUT2D eigenvalue weighted by Crippen LogP contribution is -2.48. The normalized spacial score (nSPS) is 17.8. The average Bonchev–Trinajstić information content (AvgIpc) is 3.08. The van der Waals surface area contributed by atoms with Crippen molar-refractivity contribution in [3.63, 3.8) is 0 Å². The van der Waals surface area contributed by atoms with E-state index in [1.165, 1.54) is 38.5 Å². The van der Waals surface area contributed by atoms with Crippen molar-refractivity contribution in [1.82, 2.24) is 5.06 Å². The van der Waals surface area contributed by atoms with Crippen LogP contribution >= 0.6 is 0 Å². The molecule has 0 radical (unpaired) electrons. The molecule has 6 rings (SSSR count). The second-order valence-electron chi connectivity index (χ2n) is 12.2. The maximum atomic E-state index is 13.5. The van der Waals surface area contributed by atoms with Gasteiger partial charge in [-0.1, -0.05) is 74.9 Å². The number of rotatable bonds is 12. The summed E-state index contributed by atoms with van der Waals surface area (Å²) in [7, 11) is 0. The minimum Gasteiger partial charge on any atom is -0.492 e. The molecule has 2 aliphatic carbocycles. The van der Waals surface area contributed by atoms with Gasteiger partial charge < -0.3 is 23.9 Å². The second kappa shape index (κ2) is 15.0. The number of hydroxylamine groups is 2. The zero-order valence-electron chi connectivity index (χ0n) is 26.0. The van der Waals surface area contributed by atoms with Gasteiger partial charge in [-0.15, -0.1) is 5.06 Å². The van der Waals surface area contributed by atoms with Crippen LogP contribution in [0.25, 0.3) is 0 Å². The van der Waals surface area contributed by atoms with E-state index in [1.54, 1.807) is 0 Å². The van der Waals surface area contributed by atoms with E-state index in [2.05, 4.69) is 22.1 Å². The molecule has 1 aliphatic heterocycles. The molecular weight excluding hydrogens is 552 g/mol.